The fraction of sp³-hybridized carbons (Fsp3) is 0.357. The number of aryl methyl sites for hydroxylation is 2. The SMILES string of the molecule is CCc1cccc2c(CC(N)=O)c(C)n(C)c12. The lowest BCUT2D eigenvalue weighted by atomic mass is 10.0. The molecule has 90 valence electrons. The van der Waals surface area contributed by atoms with E-state index in [9.17, 15) is 4.79 Å². The summed E-state index contributed by atoms with van der Waals surface area (Å²) in [5, 5.41) is 1.16. The molecule has 1 aromatic heterocycles. The van der Waals surface area contributed by atoms with E-state index < -0.39 is 0 Å². The van der Waals surface area contributed by atoms with Gasteiger partial charge in [0.1, 0.15) is 0 Å². The van der Waals surface area contributed by atoms with Gasteiger partial charge in [0.05, 0.1) is 11.9 Å². The van der Waals surface area contributed by atoms with Crippen molar-refractivity contribution in [2.24, 2.45) is 12.8 Å². The summed E-state index contributed by atoms with van der Waals surface area (Å²) in [6.07, 6.45) is 1.31. The first kappa shape index (κ1) is 11.7. The van der Waals surface area contributed by atoms with Crippen molar-refractivity contribution in [2.75, 3.05) is 0 Å². The van der Waals surface area contributed by atoms with Gasteiger partial charge >= 0.3 is 0 Å². The minimum absolute atomic E-state index is 0.275. The van der Waals surface area contributed by atoms with Crippen LogP contribution in [0.2, 0.25) is 0 Å². The summed E-state index contributed by atoms with van der Waals surface area (Å²) < 4.78 is 2.16. The number of amides is 1. The molecule has 2 rings (SSSR count). The Kier molecular flexibility index (Phi) is 2.92. The van der Waals surface area contributed by atoms with Crippen molar-refractivity contribution in [2.45, 2.75) is 26.7 Å². The zero-order chi connectivity index (χ0) is 12.6. The van der Waals surface area contributed by atoms with Gasteiger partial charge in [-0.1, -0.05) is 25.1 Å². The Hall–Kier alpha value is -1.77. The van der Waals surface area contributed by atoms with E-state index in [1.807, 2.05) is 20.0 Å². The van der Waals surface area contributed by atoms with E-state index in [4.69, 9.17) is 5.73 Å². The predicted octanol–water partition coefficient (Wildman–Crippen LogP) is 2.08. The van der Waals surface area contributed by atoms with Crippen LogP contribution in [0.5, 0.6) is 0 Å². The predicted molar refractivity (Wildman–Crippen MR) is 69.9 cm³/mol. The third-order valence-corrected chi connectivity index (χ3v) is 3.45. The number of rotatable bonds is 3. The number of fused-ring (bicyclic) bond motifs is 1. The third-order valence-electron chi connectivity index (χ3n) is 3.45. The van der Waals surface area contributed by atoms with Gasteiger partial charge in [-0.25, -0.2) is 0 Å². The normalized spacial score (nSPS) is 11.0. The van der Waals surface area contributed by atoms with Gasteiger partial charge in [-0.15, -0.1) is 0 Å². The maximum atomic E-state index is 11.1. The van der Waals surface area contributed by atoms with Crippen LogP contribution in [0.15, 0.2) is 18.2 Å². The highest BCUT2D eigenvalue weighted by Gasteiger charge is 2.15. The number of aromatic nitrogens is 1. The summed E-state index contributed by atoms with van der Waals surface area (Å²) in [6.45, 7) is 4.18. The molecule has 0 unspecified atom stereocenters. The molecule has 0 atom stereocenters. The molecule has 0 aliphatic rings. The van der Waals surface area contributed by atoms with Crippen LogP contribution in [-0.2, 0) is 24.7 Å². The lowest BCUT2D eigenvalue weighted by molar-refractivity contribution is -0.117. The largest absolute Gasteiger partial charge is 0.369 e. The van der Waals surface area contributed by atoms with Gasteiger partial charge in [0.15, 0.2) is 0 Å². The van der Waals surface area contributed by atoms with Gasteiger partial charge < -0.3 is 10.3 Å². The molecule has 2 N–H and O–H groups in total. The molecule has 0 radical (unpaired) electrons. The van der Waals surface area contributed by atoms with Gasteiger partial charge in [-0.2, -0.15) is 0 Å². The number of nitrogens with zero attached hydrogens (tertiary/aromatic N) is 1. The van der Waals surface area contributed by atoms with E-state index in [-0.39, 0.29) is 5.91 Å². The Morgan fingerprint density at radius 2 is 2.12 bits per heavy atom. The number of benzene rings is 1. The molecule has 3 heteroatoms. The Morgan fingerprint density at radius 3 is 2.71 bits per heavy atom. The highest BCUT2D eigenvalue weighted by molar-refractivity contribution is 5.92. The molecule has 0 aliphatic heterocycles. The standard InChI is InChI=1S/C14H18N2O/c1-4-10-6-5-7-11-12(8-13(15)17)9(2)16(3)14(10)11/h5-7H,4,8H2,1-3H3,(H2,15,17). The zero-order valence-electron chi connectivity index (χ0n) is 10.6. The highest BCUT2D eigenvalue weighted by Crippen LogP contribution is 2.28. The topological polar surface area (TPSA) is 48.0 Å². The van der Waals surface area contributed by atoms with Gasteiger partial charge in [0.25, 0.3) is 0 Å². The summed E-state index contributed by atoms with van der Waals surface area (Å²) >= 11 is 0. The van der Waals surface area contributed by atoms with E-state index in [1.54, 1.807) is 0 Å². The average Bonchev–Trinajstić information content (AvgIpc) is 2.54. The van der Waals surface area contributed by atoms with Crippen molar-refractivity contribution in [3.63, 3.8) is 0 Å². The summed E-state index contributed by atoms with van der Waals surface area (Å²) in [7, 11) is 2.04. The Labute approximate surface area is 101 Å². The van der Waals surface area contributed by atoms with Crippen LogP contribution in [-0.4, -0.2) is 10.5 Å². The number of hydrogen-bond donors (Lipinski definition) is 1. The first-order valence-electron chi connectivity index (χ1n) is 5.90. The summed E-state index contributed by atoms with van der Waals surface area (Å²) in [5.74, 6) is -0.275. The second-order valence-corrected chi connectivity index (χ2v) is 4.43. The van der Waals surface area contributed by atoms with Gasteiger partial charge in [0, 0.05) is 18.1 Å². The third kappa shape index (κ3) is 1.82. The number of nitrogens with two attached hydrogens (primary N) is 1. The fourth-order valence-corrected chi connectivity index (χ4v) is 2.48. The summed E-state index contributed by atoms with van der Waals surface area (Å²) in [4.78, 5) is 11.1. The molecule has 1 amide bonds. The number of primary amides is 1. The minimum atomic E-state index is -0.275. The Bertz CT molecular complexity index is 581. The maximum absolute atomic E-state index is 11.1. The quantitative estimate of drug-likeness (QED) is 0.862. The lowest BCUT2D eigenvalue weighted by Gasteiger charge is -2.03. The Morgan fingerprint density at radius 1 is 1.41 bits per heavy atom. The summed E-state index contributed by atoms with van der Waals surface area (Å²) in [6, 6.07) is 6.25. The van der Waals surface area contributed by atoms with Gasteiger partial charge in [-0.3, -0.25) is 4.79 Å². The van der Waals surface area contributed by atoms with Crippen molar-refractivity contribution in [3.05, 3.63) is 35.0 Å². The number of carbonyl (C=O) groups is 1. The molecule has 2 aromatic rings. The smallest absolute Gasteiger partial charge is 0.221 e. The monoisotopic (exact) mass is 230 g/mol. The van der Waals surface area contributed by atoms with Crippen molar-refractivity contribution < 1.29 is 4.79 Å². The average molecular weight is 230 g/mol. The number of carbonyl (C=O) groups excluding carboxylic acids is 1. The molecule has 0 spiro atoms. The molecule has 17 heavy (non-hydrogen) atoms. The van der Waals surface area contributed by atoms with Crippen molar-refractivity contribution in [3.8, 4) is 0 Å². The van der Waals surface area contributed by atoms with E-state index in [1.165, 1.54) is 11.1 Å². The van der Waals surface area contributed by atoms with Crippen LogP contribution in [0.25, 0.3) is 10.9 Å². The zero-order valence-corrected chi connectivity index (χ0v) is 10.6. The van der Waals surface area contributed by atoms with Crippen LogP contribution in [0, 0.1) is 6.92 Å². The minimum Gasteiger partial charge on any atom is -0.369 e. The van der Waals surface area contributed by atoms with E-state index in [0.29, 0.717) is 6.42 Å². The second kappa shape index (κ2) is 4.24. The molecule has 0 bridgehead atoms. The van der Waals surface area contributed by atoms with Crippen LogP contribution in [0.3, 0.4) is 0 Å². The summed E-state index contributed by atoms with van der Waals surface area (Å²) in [5.41, 5.74) is 10.0. The maximum Gasteiger partial charge on any atom is 0.221 e. The van der Waals surface area contributed by atoms with Crippen LogP contribution < -0.4 is 5.73 Å². The van der Waals surface area contributed by atoms with Crippen LogP contribution in [0.1, 0.15) is 23.7 Å². The van der Waals surface area contributed by atoms with Crippen molar-refractivity contribution in [1.29, 1.82) is 0 Å². The molecule has 1 heterocycles. The number of hydrogen-bond acceptors (Lipinski definition) is 1. The van der Waals surface area contributed by atoms with Crippen LogP contribution >= 0.6 is 0 Å². The first-order chi connectivity index (χ1) is 8.06. The van der Waals surface area contributed by atoms with Crippen molar-refractivity contribution in [1.82, 2.24) is 4.57 Å². The van der Waals surface area contributed by atoms with Crippen LogP contribution in [0.4, 0.5) is 0 Å². The van der Waals surface area contributed by atoms with E-state index in [0.717, 1.165) is 23.1 Å². The molecule has 1 aromatic carbocycles. The van der Waals surface area contributed by atoms with E-state index >= 15 is 0 Å². The highest BCUT2D eigenvalue weighted by atomic mass is 16.1. The second-order valence-electron chi connectivity index (χ2n) is 4.43. The first-order valence-corrected chi connectivity index (χ1v) is 5.90. The van der Waals surface area contributed by atoms with E-state index in [2.05, 4.69) is 23.6 Å². The lowest BCUT2D eigenvalue weighted by Crippen LogP contribution is -2.14. The van der Waals surface area contributed by atoms with Gasteiger partial charge in [0.2, 0.25) is 5.91 Å². The van der Waals surface area contributed by atoms with Gasteiger partial charge in [-0.05, 0) is 24.5 Å². The Balaban J connectivity index is 2.77. The van der Waals surface area contributed by atoms with Crippen molar-refractivity contribution >= 4 is 16.8 Å². The molecular formula is C14H18N2O. The molecule has 3 nitrogen and oxygen atoms in total. The molecular weight excluding hydrogens is 212 g/mol. The fourth-order valence-electron chi connectivity index (χ4n) is 2.48. The molecule has 0 fully saturated rings. The molecule has 0 saturated heterocycles. The number of para-hydroxylation sites is 1. The molecule has 0 aliphatic carbocycles. The molecule has 0 saturated carbocycles.